The second kappa shape index (κ2) is 3.94. The Morgan fingerprint density at radius 2 is 2.06 bits per heavy atom. The summed E-state index contributed by atoms with van der Waals surface area (Å²) in [6.07, 6.45) is 5.48. The van der Waals surface area contributed by atoms with Gasteiger partial charge in [-0.05, 0) is 25.0 Å². The Balaban J connectivity index is 1.75. The zero-order chi connectivity index (χ0) is 11.0. The molecule has 4 heteroatoms. The highest BCUT2D eigenvalue weighted by molar-refractivity contribution is 5.80. The van der Waals surface area contributed by atoms with Crippen LogP contribution in [0.1, 0.15) is 31.4 Å². The van der Waals surface area contributed by atoms with Crippen LogP contribution < -0.4 is 0 Å². The van der Waals surface area contributed by atoms with Crippen LogP contribution in [0.4, 0.5) is 0 Å². The number of carbonyl (C=O) groups is 1. The molecule has 1 aromatic heterocycles. The summed E-state index contributed by atoms with van der Waals surface area (Å²) in [5.74, 6) is 0.433. The molecule has 4 nitrogen and oxygen atoms in total. The largest absolute Gasteiger partial charge is 0.300 e. The Bertz CT molecular complexity index is 377. The molecule has 2 atom stereocenters. The fraction of sp³-hybridized carbons (Fsp3) is 0.583. The molecule has 16 heavy (non-hydrogen) atoms. The third-order valence-corrected chi connectivity index (χ3v) is 3.67. The Morgan fingerprint density at radius 3 is 2.69 bits per heavy atom. The van der Waals surface area contributed by atoms with E-state index in [0.717, 1.165) is 37.9 Å². The van der Waals surface area contributed by atoms with E-state index < -0.39 is 0 Å². The molecule has 1 aromatic rings. The molecule has 2 aliphatic heterocycles. The van der Waals surface area contributed by atoms with E-state index >= 15 is 0 Å². The van der Waals surface area contributed by atoms with E-state index in [0.29, 0.717) is 17.9 Å². The van der Waals surface area contributed by atoms with Gasteiger partial charge in [-0.1, -0.05) is 0 Å². The lowest BCUT2D eigenvalue weighted by Crippen LogP contribution is -2.42. The van der Waals surface area contributed by atoms with Crippen LogP contribution in [0.25, 0.3) is 0 Å². The second-order valence-corrected chi connectivity index (χ2v) is 4.72. The predicted molar refractivity (Wildman–Crippen MR) is 58.6 cm³/mol. The number of ketones is 1. The van der Waals surface area contributed by atoms with Crippen molar-refractivity contribution in [2.24, 2.45) is 0 Å². The highest BCUT2D eigenvalue weighted by Crippen LogP contribution is 2.34. The van der Waals surface area contributed by atoms with Gasteiger partial charge in [0.2, 0.25) is 0 Å². The average molecular weight is 217 g/mol. The SMILES string of the molecule is O=C1CC2CCC(C1)N2Cc1cccnn1. The first-order valence-electron chi connectivity index (χ1n) is 5.87. The Kier molecular flexibility index (Phi) is 2.44. The third-order valence-electron chi connectivity index (χ3n) is 3.67. The van der Waals surface area contributed by atoms with E-state index in [-0.39, 0.29) is 0 Å². The summed E-state index contributed by atoms with van der Waals surface area (Å²) in [5, 5.41) is 8.00. The molecule has 2 saturated heterocycles. The van der Waals surface area contributed by atoms with Crippen LogP contribution >= 0.6 is 0 Å². The Morgan fingerprint density at radius 1 is 1.31 bits per heavy atom. The van der Waals surface area contributed by atoms with Gasteiger partial charge in [0.1, 0.15) is 5.78 Å². The maximum Gasteiger partial charge on any atom is 0.136 e. The molecule has 0 aliphatic carbocycles. The van der Waals surface area contributed by atoms with Gasteiger partial charge in [0.05, 0.1) is 5.69 Å². The van der Waals surface area contributed by atoms with Gasteiger partial charge in [-0.15, -0.1) is 0 Å². The topological polar surface area (TPSA) is 46.1 Å². The summed E-state index contributed by atoms with van der Waals surface area (Å²) in [6, 6.07) is 4.82. The number of aromatic nitrogens is 2. The number of piperidine rings is 1. The van der Waals surface area contributed by atoms with E-state index in [1.54, 1.807) is 6.20 Å². The van der Waals surface area contributed by atoms with Gasteiger partial charge >= 0.3 is 0 Å². The quantitative estimate of drug-likeness (QED) is 0.746. The minimum atomic E-state index is 0.433. The normalized spacial score (nSPS) is 29.6. The van der Waals surface area contributed by atoms with Gasteiger partial charge < -0.3 is 0 Å². The van der Waals surface area contributed by atoms with Gasteiger partial charge in [-0.2, -0.15) is 10.2 Å². The van der Waals surface area contributed by atoms with E-state index in [9.17, 15) is 4.79 Å². The van der Waals surface area contributed by atoms with Crippen LogP contribution in [0.15, 0.2) is 18.3 Å². The van der Waals surface area contributed by atoms with Gasteiger partial charge in [0, 0.05) is 37.7 Å². The smallest absolute Gasteiger partial charge is 0.136 e. The van der Waals surface area contributed by atoms with Crippen LogP contribution in [-0.2, 0) is 11.3 Å². The van der Waals surface area contributed by atoms with Gasteiger partial charge in [-0.3, -0.25) is 9.69 Å². The number of rotatable bonds is 2. The molecule has 3 heterocycles. The average Bonchev–Trinajstić information content (AvgIpc) is 2.54. The van der Waals surface area contributed by atoms with E-state index in [1.165, 1.54) is 0 Å². The van der Waals surface area contributed by atoms with Crippen molar-refractivity contribution in [3.05, 3.63) is 24.0 Å². The maximum atomic E-state index is 11.5. The monoisotopic (exact) mass is 217 g/mol. The van der Waals surface area contributed by atoms with Gasteiger partial charge in [-0.25, -0.2) is 0 Å². The molecule has 3 rings (SSSR count). The molecular formula is C12H15N3O. The molecule has 0 amide bonds. The lowest BCUT2D eigenvalue weighted by molar-refractivity contribution is -0.123. The summed E-state index contributed by atoms with van der Waals surface area (Å²) in [4.78, 5) is 13.9. The summed E-state index contributed by atoms with van der Waals surface area (Å²) >= 11 is 0. The van der Waals surface area contributed by atoms with Gasteiger partial charge in [0.15, 0.2) is 0 Å². The number of hydrogen-bond donors (Lipinski definition) is 0. The van der Waals surface area contributed by atoms with Crippen molar-refractivity contribution < 1.29 is 4.79 Å². The van der Waals surface area contributed by atoms with Crippen LogP contribution in [0.5, 0.6) is 0 Å². The second-order valence-electron chi connectivity index (χ2n) is 4.72. The highest BCUT2D eigenvalue weighted by Gasteiger charge is 2.39. The van der Waals surface area contributed by atoms with Gasteiger partial charge in [0.25, 0.3) is 0 Å². The molecule has 2 fully saturated rings. The zero-order valence-corrected chi connectivity index (χ0v) is 9.17. The van der Waals surface area contributed by atoms with Crippen LogP contribution in [0.3, 0.4) is 0 Å². The van der Waals surface area contributed by atoms with Crippen molar-refractivity contribution in [1.82, 2.24) is 15.1 Å². The molecule has 2 aliphatic rings. The lowest BCUT2D eigenvalue weighted by atomic mass is 10.0. The minimum Gasteiger partial charge on any atom is -0.300 e. The summed E-state index contributed by atoms with van der Waals surface area (Å²) in [5.41, 5.74) is 1.01. The summed E-state index contributed by atoms with van der Waals surface area (Å²) < 4.78 is 0. The molecule has 84 valence electrons. The van der Waals surface area contributed by atoms with Crippen molar-refractivity contribution >= 4 is 5.78 Å². The van der Waals surface area contributed by atoms with Crippen molar-refractivity contribution in [2.75, 3.05) is 0 Å². The molecule has 0 spiro atoms. The highest BCUT2D eigenvalue weighted by atomic mass is 16.1. The first kappa shape index (κ1) is 9.90. The van der Waals surface area contributed by atoms with Crippen molar-refractivity contribution in [2.45, 2.75) is 44.3 Å². The first-order chi connectivity index (χ1) is 7.83. The summed E-state index contributed by atoms with van der Waals surface area (Å²) in [7, 11) is 0. The van der Waals surface area contributed by atoms with Crippen LogP contribution in [-0.4, -0.2) is 33.0 Å². The zero-order valence-electron chi connectivity index (χ0n) is 9.17. The van der Waals surface area contributed by atoms with E-state index in [4.69, 9.17) is 0 Å². The fourth-order valence-electron chi connectivity index (χ4n) is 2.93. The number of fused-ring (bicyclic) bond motifs is 2. The van der Waals surface area contributed by atoms with Crippen molar-refractivity contribution in [1.29, 1.82) is 0 Å². The molecule has 0 saturated carbocycles. The molecule has 0 radical (unpaired) electrons. The molecule has 0 aromatic carbocycles. The Labute approximate surface area is 94.7 Å². The van der Waals surface area contributed by atoms with Crippen LogP contribution in [0.2, 0.25) is 0 Å². The fourth-order valence-corrected chi connectivity index (χ4v) is 2.93. The van der Waals surface area contributed by atoms with E-state index in [1.807, 2.05) is 12.1 Å². The first-order valence-corrected chi connectivity index (χ1v) is 5.87. The predicted octanol–water partition coefficient (Wildman–Crippen LogP) is 1.17. The standard InChI is InChI=1S/C12H15N3O/c16-12-6-10-3-4-11(7-12)15(10)8-9-2-1-5-13-14-9/h1-2,5,10-11H,3-4,6-8H2. The molecule has 0 N–H and O–H groups in total. The maximum absolute atomic E-state index is 11.5. The molecule has 2 bridgehead atoms. The number of Topliss-reactive ketones (excluding diaryl/α,β-unsaturated/α-hetero) is 1. The van der Waals surface area contributed by atoms with E-state index in [2.05, 4.69) is 15.1 Å². The van der Waals surface area contributed by atoms with Crippen LogP contribution in [0, 0.1) is 0 Å². The Hall–Kier alpha value is -1.29. The molecule has 2 unspecified atom stereocenters. The minimum absolute atomic E-state index is 0.433. The third kappa shape index (κ3) is 1.73. The number of carbonyl (C=O) groups excluding carboxylic acids is 1. The number of hydrogen-bond acceptors (Lipinski definition) is 4. The lowest BCUT2D eigenvalue weighted by Gasteiger charge is -2.33. The number of nitrogens with zero attached hydrogens (tertiary/aromatic N) is 3. The van der Waals surface area contributed by atoms with Crippen molar-refractivity contribution in [3.63, 3.8) is 0 Å². The van der Waals surface area contributed by atoms with Crippen molar-refractivity contribution in [3.8, 4) is 0 Å². The summed E-state index contributed by atoms with van der Waals surface area (Å²) in [6.45, 7) is 0.844. The molecular weight excluding hydrogens is 202 g/mol.